The topological polar surface area (TPSA) is 68.9 Å². The Labute approximate surface area is 133 Å². The lowest BCUT2D eigenvalue weighted by molar-refractivity contribution is -0.122. The van der Waals surface area contributed by atoms with E-state index in [1.54, 1.807) is 19.2 Å². The van der Waals surface area contributed by atoms with Gasteiger partial charge in [-0.15, -0.1) is 0 Å². The van der Waals surface area contributed by atoms with Crippen molar-refractivity contribution in [3.63, 3.8) is 0 Å². The Morgan fingerprint density at radius 3 is 2.59 bits per heavy atom. The number of carbonyl (C=O) groups excluding carboxylic acids is 1. The van der Waals surface area contributed by atoms with E-state index in [-0.39, 0.29) is 24.2 Å². The van der Waals surface area contributed by atoms with Gasteiger partial charge in [-0.3, -0.25) is 9.36 Å². The molecule has 2 aromatic rings. The third-order valence-electron chi connectivity index (χ3n) is 3.37. The molecule has 22 heavy (non-hydrogen) atoms. The maximum absolute atomic E-state index is 12.2. The second-order valence-corrected chi connectivity index (χ2v) is 5.58. The Kier molecular flexibility index (Phi) is 5.38. The number of carbonyl (C=O) groups is 1. The summed E-state index contributed by atoms with van der Waals surface area (Å²) in [4.78, 5) is 23.8. The van der Waals surface area contributed by atoms with Crippen molar-refractivity contribution in [2.24, 2.45) is 7.05 Å². The van der Waals surface area contributed by atoms with Crippen molar-refractivity contribution in [1.82, 2.24) is 19.7 Å². The minimum atomic E-state index is -0.311. The van der Waals surface area contributed by atoms with Crippen LogP contribution in [0.1, 0.15) is 31.4 Å². The number of halogens is 1. The molecule has 1 heterocycles. The van der Waals surface area contributed by atoms with Gasteiger partial charge in [0.2, 0.25) is 5.91 Å². The molecular formula is C15H19ClN4O2. The second-order valence-electron chi connectivity index (χ2n) is 5.14. The Morgan fingerprint density at radius 2 is 2.05 bits per heavy atom. The van der Waals surface area contributed by atoms with E-state index in [1.165, 1.54) is 10.9 Å². The van der Waals surface area contributed by atoms with Crippen molar-refractivity contribution in [2.75, 3.05) is 0 Å². The average Bonchev–Trinajstić information content (AvgIpc) is 2.80. The van der Waals surface area contributed by atoms with Crippen LogP contribution in [0.25, 0.3) is 0 Å². The van der Waals surface area contributed by atoms with Crippen molar-refractivity contribution in [3.05, 3.63) is 51.7 Å². The van der Waals surface area contributed by atoms with Gasteiger partial charge < -0.3 is 5.32 Å². The molecule has 0 radical (unpaired) electrons. The molecule has 2 rings (SSSR count). The highest BCUT2D eigenvalue weighted by Crippen LogP contribution is 2.20. The minimum absolute atomic E-state index is 0.0898. The summed E-state index contributed by atoms with van der Waals surface area (Å²) in [6, 6.07) is 7.30. The molecule has 0 aliphatic carbocycles. The van der Waals surface area contributed by atoms with Crippen molar-refractivity contribution in [3.8, 4) is 0 Å². The van der Waals surface area contributed by atoms with Crippen LogP contribution in [0.5, 0.6) is 0 Å². The lowest BCUT2D eigenvalue weighted by atomic mass is 10.0. The van der Waals surface area contributed by atoms with Crippen LogP contribution < -0.4 is 11.0 Å². The molecule has 0 saturated carbocycles. The molecule has 0 unspecified atom stereocenters. The fourth-order valence-corrected chi connectivity index (χ4v) is 2.34. The van der Waals surface area contributed by atoms with Gasteiger partial charge >= 0.3 is 5.69 Å². The normalized spacial score (nSPS) is 12.1. The summed E-state index contributed by atoms with van der Waals surface area (Å²) >= 11 is 5.89. The van der Waals surface area contributed by atoms with Gasteiger partial charge in [0.25, 0.3) is 0 Å². The molecule has 1 aromatic heterocycles. The molecule has 0 bridgehead atoms. The van der Waals surface area contributed by atoms with Gasteiger partial charge in [-0.25, -0.2) is 9.48 Å². The van der Waals surface area contributed by atoms with Crippen LogP contribution in [0.15, 0.2) is 35.4 Å². The van der Waals surface area contributed by atoms with E-state index in [4.69, 9.17) is 11.6 Å². The Morgan fingerprint density at radius 1 is 1.36 bits per heavy atom. The summed E-state index contributed by atoms with van der Waals surface area (Å²) in [6.45, 7) is 1.96. The fraction of sp³-hybridized carbons (Fsp3) is 0.400. The number of nitrogens with one attached hydrogen (secondary N) is 1. The molecule has 0 spiro atoms. The van der Waals surface area contributed by atoms with Crippen LogP contribution in [0, 0.1) is 0 Å². The van der Waals surface area contributed by atoms with E-state index >= 15 is 0 Å². The smallest absolute Gasteiger partial charge is 0.345 e. The van der Waals surface area contributed by atoms with Gasteiger partial charge in [-0.05, 0) is 24.1 Å². The molecule has 0 aliphatic rings. The van der Waals surface area contributed by atoms with Gasteiger partial charge in [-0.2, -0.15) is 5.10 Å². The first kappa shape index (κ1) is 16.3. The van der Waals surface area contributed by atoms with Crippen LogP contribution in [0.2, 0.25) is 5.02 Å². The number of aryl methyl sites for hydroxylation is 1. The predicted molar refractivity (Wildman–Crippen MR) is 84.7 cm³/mol. The number of hydrogen-bond donors (Lipinski definition) is 1. The van der Waals surface area contributed by atoms with Crippen LogP contribution >= 0.6 is 11.6 Å². The SMILES string of the molecule is CCC[C@H](NC(=O)Cn1ncn(C)c1=O)c1ccc(Cl)cc1. The van der Waals surface area contributed by atoms with Crippen LogP contribution in [-0.2, 0) is 18.4 Å². The predicted octanol–water partition coefficient (Wildman–Crippen LogP) is 1.89. The second kappa shape index (κ2) is 7.26. The molecule has 1 atom stereocenters. The lowest BCUT2D eigenvalue weighted by Crippen LogP contribution is -2.35. The fourth-order valence-electron chi connectivity index (χ4n) is 2.21. The van der Waals surface area contributed by atoms with Crippen molar-refractivity contribution in [1.29, 1.82) is 0 Å². The van der Waals surface area contributed by atoms with Crippen LogP contribution in [0.4, 0.5) is 0 Å². The zero-order valence-electron chi connectivity index (χ0n) is 12.6. The van der Waals surface area contributed by atoms with Gasteiger partial charge in [0.1, 0.15) is 12.9 Å². The molecule has 118 valence electrons. The van der Waals surface area contributed by atoms with Crippen molar-refractivity contribution >= 4 is 17.5 Å². The summed E-state index contributed by atoms with van der Waals surface area (Å²) in [5, 5.41) is 7.49. The molecule has 1 aromatic carbocycles. The standard InChI is InChI=1S/C15H19ClN4O2/c1-3-4-13(11-5-7-12(16)8-6-11)18-14(21)9-20-15(22)19(2)10-17-20/h5-8,10,13H,3-4,9H2,1-2H3,(H,18,21)/t13-/m0/s1. The highest BCUT2D eigenvalue weighted by Gasteiger charge is 2.15. The number of hydrogen-bond acceptors (Lipinski definition) is 3. The van der Waals surface area contributed by atoms with Crippen molar-refractivity contribution in [2.45, 2.75) is 32.4 Å². The molecular weight excluding hydrogens is 304 g/mol. The third-order valence-corrected chi connectivity index (χ3v) is 3.62. The number of rotatable bonds is 6. The Balaban J connectivity index is 2.07. The first-order chi connectivity index (χ1) is 10.5. The summed E-state index contributed by atoms with van der Waals surface area (Å²) in [5.74, 6) is -0.241. The minimum Gasteiger partial charge on any atom is -0.348 e. The summed E-state index contributed by atoms with van der Waals surface area (Å²) < 4.78 is 2.47. The zero-order valence-corrected chi connectivity index (χ0v) is 13.4. The average molecular weight is 323 g/mol. The third kappa shape index (κ3) is 3.98. The van der Waals surface area contributed by atoms with E-state index in [0.29, 0.717) is 5.02 Å². The number of nitrogens with zero attached hydrogens (tertiary/aromatic N) is 3. The van der Waals surface area contributed by atoms with E-state index in [9.17, 15) is 9.59 Å². The maximum Gasteiger partial charge on any atom is 0.345 e. The van der Waals surface area contributed by atoms with Crippen LogP contribution in [-0.4, -0.2) is 20.3 Å². The Bertz CT molecular complexity index is 690. The molecule has 7 heteroatoms. The van der Waals surface area contributed by atoms with Crippen molar-refractivity contribution < 1.29 is 4.79 Å². The van der Waals surface area contributed by atoms with E-state index < -0.39 is 0 Å². The number of amides is 1. The van der Waals surface area contributed by atoms with E-state index in [1.807, 2.05) is 12.1 Å². The molecule has 6 nitrogen and oxygen atoms in total. The summed E-state index contributed by atoms with van der Waals surface area (Å²) in [5.41, 5.74) is 0.682. The number of aromatic nitrogens is 3. The highest BCUT2D eigenvalue weighted by molar-refractivity contribution is 6.30. The molecule has 0 fully saturated rings. The maximum atomic E-state index is 12.2. The molecule has 1 amide bonds. The van der Waals surface area contributed by atoms with Gasteiger partial charge in [0.05, 0.1) is 6.04 Å². The molecule has 1 N–H and O–H groups in total. The summed E-state index contributed by atoms with van der Waals surface area (Å²) in [7, 11) is 1.59. The first-order valence-corrected chi connectivity index (χ1v) is 7.52. The Hall–Kier alpha value is -2.08. The summed E-state index contributed by atoms with van der Waals surface area (Å²) in [6.07, 6.45) is 3.12. The van der Waals surface area contributed by atoms with Crippen LogP contribution in [0.3, 0.4) is 0 Å². The number of benzene rings is 1. The molecule has 0 saturated heterocycles. The zero-order chi connectivity index (χ0) is 16.1. The quantitative estimate of drug-likeness (QED) is 0.883. The van der Waals surface area contributed by atoms with E-state index in [2.05, 4.69) is 17.3 Å². The van der Waals surface area contributed by atoms with Gasteiger partial charge in [0.15, 0.2) is 0 Å². The lowest BCUT2D eigenvalue weighted by Gasteiger charge is -2.18. The van der Waals surface area contributed by atoms with E-state index in [0.717, 1.165) is 23.1 Å². The monoisotopic (exact) mass is 322 g/mol. The first-order valence-electron chi connectivity index (χ1n) is 7.14. The van der Waals surface area contributed by atoms with Gasteiger partial charge in [0, 0.05) is 12.1 Å². The highest BCUT2D eigenvalue weighted by atomic mass is 35.5. The largest absolute Gasteiger partial charge is 0.348 e. The van der Waals surface area contributed by atoms with Gasteiger partial charge in [-0.1, -0.05) is 37.1 Å². The molecule has 0 aliphatic heterocycles.